The number of hydrogen-bond acceptors (Lipinski definition) is 4. The number of nitrogens with zero attached hydrogens (tertiary/aromatic N) is 3. The van der Waals surface area contributed by atoms with Crippen LogP contribution >= 0.6 is 11.6 Å². The van der Waals surface area contributed by atoms with Crippen LogP contribution in [0.3, 0.4) is 0 Å². The zero-order chi connectivity index (χ0) is 17.5. The fraction of sp³-hybridized carbons (Fsp3) is 0.500. The molecule has 6 heteroatoms. The first kappa shape index (κ1) is 18.5. The minimum absolute atomic E-state index is 0.0774. The third-order valence-electron chi connectivity index (χ3n) is 4.11. The molecule has 0 aliphatic heterocycles. The molecule has 0 radical (unpaired) electrons. The second-order valence-corrected chi connectivity index (χ2v) is 6.22. The van der Waals surface area contributed by atoms with Gasteiger partial charge in [-0.25, -0.2) is 0 Å². The SMILES string of the molecule is CCOC(=O)CC(CCc1cn(C)nn1)c1ccc(C)c(CCl)c1. The van der Waals surface area contributed by atoms with E-state index >= 15 is 0 Å². The van der Waals surface area contributed by atoms with Crippen molar-refractivity contribution in [3.63, 3.8) is 0 Å². The lowest BCUT2D eigenvalue weighted by Crippen LogP contribution is -2.12. The van der Waals surface area contributed by atoms with Crippen LogP contribution in [0.5, 0.6) is 0 Å². The molecular weight excluding hydrogens is 326 g/mol. The summed E-state index contributed by atoms with van der Waals surface area (Å²) in [5, 5.41) is 8.07. The number of halogens is 1. The Morgan fingerprint density at radius 1 is 1.42 bits per heavy atom. The summed E-state index contributed by atoms with van der Waals surface area (Å²) < 4.78 is 6.82. The van der Waals surface area contributed by atoms with Gasteiger partial charge in [-0.15, -0.1) is 16.7 Å². The van der Waals surface area contributed by atoms with Gasteiger partial charge in [0.05, 0.1) is 18.7 Å². The van der Waals surface area contributed by atoms with Gasteiger partial charge in [0.1, 0.15) is 0 Å². The second-order valence-electron chi connectivity index (χ2n) is 5.95. The minimum Gasteiger partial charge on any atom is -0.466 e. The number of rotatable bonds is 8. The molecule has 1 aromatic heterocycles. The van der Waals surface area contributed by atoms with E-state index in [-0.39, 0.29) is 11.9 Å². The maximum Gasteiger partial charge on any atom is 0.306 e. The van der Waals surface area contributed by atoms with Crippen LogP contribution in [0.2, 0.25) is 0 Å². The molecule has 24 heavy (non-hydrogen) atoms. The highest BCUT2D eigenvalue weighted by molar-refractivity contribution is 6.17. The summed E-state index contributed by atoms with van der Waals surface area (Å²) in [5.74, 6) is 0.374. The van der Waals surface area contributed by atoms with Crippen molar-refractivity contribution in [1.82, 2.24) is 15.0 Å². The highest BCUT2D eigenvalue weighted by Crippen LogP contribution is 2.28. The summed E-state index contributed by atoms with van der Waals surface area (Å²) in [5.41, 5.74) is 4.31. The molecule has 0 amide bonds. The van der Waals surface area contributed by atoms with Gasteiger partial charge < -0.3 is 4.74 Å². The first-order chi connectivity index (χ1) is 11.5. The molecular formula is C18H24ClN3O2. The average molecular weight is 350 g/mol. The third-order valence-corrected chi connectivity index (χ3v) is 4.39. The van der Waals surface area contributed by atoms with E-state index < -0.39 is 0 Å². The Hall–Kier alpha value is -1.88. The van der Waals surface area contributed by atoms with Gasteiger partial charge in [-0.1, -0.05) is 23.4 Å². The molecule has 2 rings (SSSR count). The molecule has 2 aromatic rings. The standard InChI is InChI=1S/C18H24ClN3O2/c1-4-24-18(23)10-15(7-8-17-12-22(3)21-20-17)14-6-5-13(2)16(9-14)11-19/h5-6,9,12,15H,4,7-8,10-11H2,1-3H3. The van der Waals surface area contributed by atoms with Crippen LogP contribution in [0.1, 0.15) is 48.1 Å². The van der Waals surface area contributed by atoms with E-state index in [2.05, 4.69) is 28.5 Å². The number of alkyl halides is 1. The number of hydrogen-bond donors (Lipinski definition) is 0. The maximum absolute atomic E-state index is 12.0. The molecule has 0 aliphatic rings. The molecule has 0 saturated heterocycles. The Kier molecular flexibility index (Phi) is 6.79. The smallest absolute Gasteiger partial charge is 0.306 e. The molecule has 0 bridgehead atoms. The van der Waals surface area contributed by atoms with Gasteiger partial charge in [0.25, 0.3) is 0 Å². The van der Waals surface area contributed by atoms with Gasteiger partial charge in [-0.05, 0) is 49.3 Å². The molecule has 1 unspecified atom stereocenters. The van der Waals surface area contributed by atoms with Crippen LogP contribution in [0, 0.1) is 6.92 Å². The predicted molar refractivity (Wildman–Crippen MR) is 94.1 cm³/mol. The van der Waals surface area contributed by atoms with Crippen molar-refractivity contribution in [3.05, 3.63) is 46.8 Å². The van der Waals surface area contributed by atoms with Gasteiger partial charge in [0.2, 0.25) is 0 Å². The Bertz CT molecular complexity index is 685. The quantitative estimate of drug-likeness (QED) is 0.540. The number of ether oxygens (including phenoxy) is 1. The fourth-order valence-corrected chi connectivity index (χ4v) is 3.02. The summed E-state index contributed by atoms with van der Waals surface area (Å²) in [6.45, 7) is 4.27. The lowest BCUT2D eigenvalue weighted by Gasteiger charge is -2.18. The minimum atomic E-state index is -0.172. The lowest BCUT2D eigenvalue weighted by molar-refractivity contribution is -0.143. The average Bonchev–Trinajstić information content (AvgIpc) is 2.97. The van der Waals surface area contributed by atoms with Crippen LogP contribution in [0.25, 0.3) is 0 Å². The van der Waals surface area contributed by atoms with Crippen LogP contribution in [-0.4, -0.2) is 27.6 Å². The molecule has 0 spiro atoms. The number of aryl methyl sites for hydroxylation is 3. The lowest BCUT2D eigenvalue weighted by atomic mass is 9.89. The van der Waals surface area contributed by atoms with E-state index in [1.54, 1.807) is 4.68 Å². The van der Waals surface area contributed by atoms with E-state index in [0.29, 0.717) is 18.9 Å². The largest absolute Gasteiger partial charge is 0.466 e. The highest BCUT2D eigenvalue weighted by atomic mass is 35.5. The number of carbonyl (C=O) groups excluding carboxylic acids is 1. The van der Waals surface area contributed by atoms with Gasteiger partial charge in [0.15, 0.2) is 0 Å². The Labute approximate surface area is 148 Å². The molecule has 1 atom stereocenters. The van der Waals surface area contributed by atoms with Crippen molar-refractivity contribution >= 4 is 17.6 Å². The first-order valence-electron chi connectivity index (χ1n) is 8.19. The summed E-state index contributed by atoms with van der Waals surface area (Å²) in [6.07, 6.45) is 3.84. The molecule has 5 nitrogen and oxygen atoms in total. The molecule has 0 saturated carbocycles. The Morgan fingerprint density at radius 3 is 2.83 bits per heavy atom. The van der Waals surface area contributed by atoms with E-state index in [1.165, 1.54) is 0 Å². The maximum atomic E-state index is 12.0. The zero-order valence-corrected chi connectivity index (χ0v) is 15.2. The van der Waals surface area contributed by atoms with Gasteiger partial charge in [-0.2, -0.15) is 0 Å². The van der Waals surface area contributed by atoms with Crippen LogP contribution < -0.4 is 0 Å². The zero-order valence-electron chi connectivity index (χ0n) is 14.5. The molecule has 130 valence electrons. The van der Waals surface area contributed by atoms with Crippen LogP contribution in [0.4, 0.5) is 0 Å². The Balaban J connectivity index is 2.16. The normalized spacial score (nSPS) is 12.2. The second kappa shape index (κ2) is 8.83. The summed E-state index contributed by atoms with van der Waals surface area (Å²) in [4.78, 5) is 12.0. The molecule has 1 heterocycles. The molecule has 0 fully saturated rings. The third kappa shape index (κ3) is 5.06. The van der Waals surface area contributed by atoms with E-state index in [0.717, 1.165) is 35.2 Å². The van der Waals surface area contributed by atoms with Crippen molar-refractivity contribution in [2.75, 3.05) is 6.61 Å². The van der Waals surface area contributed by atoms with E-state index in [4.69, 9.17) is 16.3 Å². The highest BCUT2D eigenvalue weighted by Gasteiger charge is 2.18. The van der Waals surface area contributed by atoms with Crippen molar-refractivity contribution in [2.45, 2.75) is 44.9 Å². The van der Waals surface area contributed by atoms with Gasteiger partial charge >= 0.3 is 5.97 Å². The van der Waals surface area contributed by atoms with E-state index in [1.807, 2.05) is 27.1 Å². The molecule has 1 aromatic carbocycles. The number of carbonyl (C=O) groups is 1. The van der Waals surface area contributed by atoms with Crippen molar-refractivity contribution in [2.24, 2.45) is 7.05 Å². The van der Waals surface area contributed by atoms with Crippen molar-refractivity contribution in [1.29, 1.82) is 0 Å². The topological polar surface area (TPSA) is 57.0 Å². The monoisotopic (exact) mass is 349 g/mol. The number of esters is 1. The van der Waals surface area contributed by atoms with Crippen molar-refractivity contribution < 1.29 is 9.53 Å². The van der Waals surface area contributed by atoms with Crippen LogP contribution in [0.15, 0.2) is 24.4 Å². The number of aromatic nitrogens is 3. The summed E-state index contributed by atoms with van der Waals surface area (Å²) >= 11 is 6.03. The number of benzene rings is 1. The summed E-state index contributed by atoms with van der Waals surface area (Å²) in [6, 6.07) is 6.24. The fourth-order valence-electron chi connectivity index (χ4n) is 2.73. The van der Waals surface area contributed by atoms with Crippen molar-refractivity contribution in [3.8, 4) is 0 Å². The summed E-state index contributed by atoms with van der Waals surface area (Å²) in [7, 11) is 1.85. The van der Waals surface area contributed by atoms with Crippen LogP contribution in [-0.2, 0) is 28.9 Å². The van der Waals surface area contributed by atoms with Gasteiger partial charge in [0, 0.05) is 19.1 Å². The predicted octanol–water partition coefficient (Wildman–Crippen LogP) is 3.53. The molecule has 0 N–H and O–H groups in total. The first-order valence-corrected chi connectivity index (χ1v) is 8.73. The molecule has 0 aliphatic carbocycles. The Morgan fingerprint density at radius 2 is 2.21 bits per heavy atom. The van der Waals surface area contributed by atoms with E-state index in [9.17, 15) is 4.79 Å². The van der Waals surface area contributed by atoms with Gasteiger partial charge in [-0.3, -0.25) is 9.48 Å².